The summed E-state index contributed by atoms with van der Waals surface area (Å²) in [6.45, 7) is 17.7. The zero-order chi connectivity index (χ0) is 29.7. The van der Waals surface area contributed by atoms with Gasteiger partial charge in [0.1, 0.15) is 0 Å². The molecule has 0 aliphatic heterocycles. The normalized spacial score (nSPS) is 10.8. The van der Waals surface area contributed by atoms with E-state index in [2.05, 4.69) is 103 Å². The Morgan fingerprint density at radius 1 is 0.625 bits per heavy atom. The predicted octanol–water partition coefficient (Wildman–Crippen LogP) is 12.8. The van der Waals surface area contributed by atoms with Crippen molar-refractivity contribution in [1.29, 1.82) is 0 Å². The first-order valence-electron chi connectivity index (χ1n) is 15.4. The van der Waals surface area contributed by atoms with Crippen LogP contribution in [0, 0.1) is 27.7 Å². The molecule has 0 radical (unpaired) electrons. The summed E-state index contributed by atoms with van der Waals surface area (Å²) in [5, 5.41) is 5.88. The van der Waals surface area contributed by atoms with Gasteiger partial charge in [0.25, 0.3) is 0 Å². The van der Waals surface area contributed by atoms with Crippen molar-refractivity contribution in [2.75, 3.05) is 0 Å². The molecule has 0 heterocycles. The summed E-state index contributed by atoms with van der Waals surface area (Å²) in [5.74, 6) is 0. The topological polar surface area (TPSA) is 0 Å². The Balaban J connectivity index is 0.000000234. The van der Waals surface area contributed by atoms with Crippen molar-refractivity contribution in [2.24, 2.45) is 0 Å². The predicted molar refractivity (Wildman–Crippen MR) is 183 cm³/mol. The minimum atomic E-state index is -1.65. The molecule has 220 valence electrons. The van der Waals surface area contributed by atoms with Crippen LogP contribution < -0.4 is 0 Å². The number of hydrogen-bond donors (Lipinski definition) is 0. The Kier molecular flexibility index (Phi) is 16.7. The molecule has 0 unspecified atom stereocenters. The third kappa shape index (κ3) is 11.6. The second-order valence-electron chi connectivity index (χ2n) is 11.7. The Labute approximate surface area is 260 Å². The molecule has 0 nitrogen and oxygen atoms in total. The summed E-state index contributed by atoms with van der Waals surface area (Å²) < 4.78 is 0. The summed E-state index contributed by atoms with van der Waals surface area (Å²) in [6.07, 6.45) is 13.2. The number of unbranched alkanes of at least 4 members (excludes halogenated alkanes) is 6. The second-order valence-corrected chi connectivity index (χ2v) is 34.7. The molecule has 0 atom stereocenters. The fourth-order valence-electron chi connectivity index (χ4n) is 5.22. The summed E-state index contributed by atoms with van der Waals surface area (Å²) in [4.78, 5) is 0. The van der Waals surface area contributed by atoms with Crippen LogP contribution in [-0.2, 0) is 30.8 Å². The average molecular weight is 675 g/mol. The van der Waals surface area contributed by atoms with Crippen molar-refractivity contribution in [3.8, 4) is 0 Å². The summed E-state index contributed by atoms with van der Waals surface area (Å²) >= 11 is -1.65. The SMILES string of the molecule is CCCCCCc1ccc(C)c2[cH-]c(C)cc12.CCCCCCc1ccc(C)c2[cH-]c(C)cc12.C[Si](C)=[Zr]([Cl])[Cl]. The molecule has 0 spiro atoms. The maximum absolute atomic E-state index is 5.62. The molecule has 40 heavy (non-hydrogen) atoms. The van der Waals surface area contributed by atoms with Crippen LogP contribution in [0.5, 0.6) is 0 Å². The van der Waals surface area contributed by atoms with Crippen LogP contribution in [0.25, 0.3) is 21.5 Å². The first-order valence-corrected chi connectivity index (χ1v) is 27.9. The fourth-order valence-corrected chi connectivity index (χ4v) is 5.22. The monoisotopic (exact) mass is 672 g/mol. The Bertz CT molecular complexity index is 1250. The average Bonchev–Trinajstić information content (AvgIpc) is 3.51. The van der Waals surface area contributed by atoms with Crippen molar-refractivity contribution >= 4 is 44.0 Å². The Morgan fingerprint density at radius 2 is 1.00 bits per heavy atom. The van der Waals surface area contributed by atoms with E-state index in [0.29, 0.717) is 0 Å². The van der Waals surface area contributed by atoms with E-state index in [0.717, 1.165) is 0 Å². The van der Waals surface area contributed by atoms with E-state index in [1.165, 1.54) is 119 Å². The van der Waals surface area contributed by atoms with Crippen LogP contribution in [0.15, 0.2) is 48.5 Å². The molecule has 4 aromatic carbocycles. The van der Waals surface area contributed by atoms with E-state index >= 15 is 0 Å². The van der Waals surface area contributed by atoms with Gasteiger partial charge in [-0.2, -0.15) is 12.1 Å². The molecule has 0 N–H and O–H groups in total. The van der Waals surface area contributed by atoms with Crippen molar-refractivity contribution in [3.63, 3.8) is 0 Å². The fraction of sp³-hybridized carbons (Fsp3) is 0.500. The van der Waals surface area contributed by atoms with E-state index in [4.69, 9.17) is 17.0 Å². The standard InChI is InChI=1S/2C17H23.C2H6Si.2ClH.Zr/c2*1-4-5-6-7-8-15-10-9-14(3)16-11-13(2)12-17(15)16;1-3-2;;;/h2*9-12H,4-8H2,1-3H3;1-2H3;2*1H;/q2*-1;;;;+2/p-2. The molecule has 0 saturated heterocycles. The summed E-state index contributed by atoms with van der Waals surface area (Å²) in [5.41, 5.74) is 8.45. The van der Waals surface area contributed by atoms with E-state index in [1.807, 2.05) is 0 Å². The molecule has 0 saturated carbocycles. The molecule has 0 aromatic heterocycles. The molecule has 0 aliphatic rings. The number of aryl methyl sites for hydroxylation is 6. The van der Waals surface area contributed by atoms with Gasteiger partial charge in [-0.1, -0.05) is 116 Å². The summed E-state index contributed by atoms with van der Waals surface area (Å²) in [6, 6.07) is 18.5. The van der Waals surface area contributed by atoms with Crippen LogP contribution in [0.1, 0.15) is 98.6 Å². The molecule has 4 rings (SSSR count). The van der Waals surface area contributed by atoms with Gasteiger partial charge in [-0.05, 0) is 12.8 Å². The molecular formula is C36H52Cl2SiZr-2. The molecule has 0 amide bonds. The van der Waals surface area contributed by atoms with Gasteiger partial charge in [-0.15, -0.1) is 68.1 Å². The van der Waals surface area contributed by atoms with E-state index in [-0.39, 0.29) is 5.43 Å². The van der Waals surface area contributed by atoms with Gasteiger partial charge < -0.3 is 0 Å². The number of rotatable bonds is 10. The van der Waals surface area contributed by atoms with Gasteiger partial charge in [0.05, 0.1) is 0 Å². The van der Waals surface area contributed by atoms with Crippen molar-refractivity contribution in [2.45, 2.75) is 119 Å². The first-order chi connectivity index (χ1) is 19.1. The second kappa shape index (κ2) is 18.8. The van der Waals surface area contributed by atoms with Gasteiger partial charge >= 0.3 is 53.5 Å². The van der Waals surface area contributed by atoms with Crippen LogP contribution >= 0.6 is 17.0 Å². The van der Waals surface area contributed by atoms with Crippen LogP contribution in [0.4, 0.5) is 0 Å². The zero-order valence-corrected chi connectivity index (χ0v) is 31.4. The van der Waals surface area contributed by atoms with Gasteiger partial charge in [-0.25, -0.2) is 0 Å². The minimum absolute atomic E-state index is 0.224. The molecule has 4 heteroatoms. The third-order valence-corrected chi connectivity index (χ3v) is 27.4. The number of halogens is 2. The van der Waals surface area contributed by atoms with Crippen LogP contribution in [-0.4, -0.2) is 5.43 Å². The quantitative estimate of drug-likeness (QED) is 0.0892. The number of fused-ring (bicyclic) bond motifs is 2. The van der Waals surface area contributed by atoms with Crippen molar-refractivity contribution < 1.29 is 18.0 Å². The van der Waals surface area contributed by atoms with Gasteiger partial charge in [-0.3, -0.25) is 0 Å². The van der Waals surface area contributed by atoms with E-state index < -0.39 is 18.0 Å². The maximum atomic E-state index is 5.62. The van der Waals surface area contributed by atoms with Gasteiger partial charge in [0.2, 0.25) is 0 Å². The molecule has 0 aliphatic carbocycles. The number of benzene rings is 2. The molecular weight excluding hydrogens is 623 g/mol. The van der Waals surface area contributed by atoms with E-state index in [1.54, 1.807) is 0 Å². The van der Waals surface area contributed by atoms with Gasteiger partial charge in [0.15, 0.2) is 0 Å². The van der Waals surface area contributed by atoms with Gasteiger partial charge in [0, 0.05) is 0 Å². The van der Waals surface area contributed by atoms with Crippen LogP contribution in [0.2, 0.25) is 13.1 Å². The Hall–Kier alpha value is -0.660. The third-order valence-electron chi connectivity index (χ3n) is 7.66. The van der Waals surface area contributed by atoms with E-state index in [9.17, 15) is 0 Å². The van der Waals surface area contributed by atoms with Crippen molar-refractivity contribution in [3.05, 3.63) is 81.9 Å². The Morgan fingerprint density at radius 3 is 1.32 bits per heavy atom. The van der Waals surface area contributed by atoms with Crippen LogP contribution in [0.3, 0.4) is 0 Å². The molecule has 0 fully saturated rings. The zero-order valence-electron chi connectivity index (χ0n) is 26.4. The van der Waals surface area contributed by atoms with Crippen molar-refractivity contribution in [1.82, 2.24) is 0 Å². The molecule has 4 aromatic rings. The first kappa shape index (κ1) is 35.5. The number of hydrogen-bond acceptors (Lipinski definition) is 0. The summed E-state index contributed by atoms with van der Waals surface area (Å²) in [7, 11) is 11.2. The molecule has 0 bridgehead atoms.